The molecule has 0 bridgehead atoms. The number of hydrogen-bond donors (Lipinski definition) is 1. The maximum Gasteiger partial charge on any atom is 0.253 e. The fraction of sp³-hybridized carbons (Fsp3) is 0.273. The van der Waals surface area contributed by atoms with Gasteiger partial charge in [-0.2, -0.15) is 5.26 Å². The summed E-state index contributed by atoms with van der Waals surface area (Å²) in [5, 5.41) is 12.3. The third-order valence-corrected chi connectivity index (χ3v) is 6.03. The highest BCUT2D eigenvalue weighted by atomic mass is 32.1. The van der Waals surface area contributed by atoms with Crippen molar-refractivity contribution in [2.75, 3.05) is 31.5 Å². The van der Waals surface area contributed by atoms with Gasteiger partial charge in [-0.05, 0) is 36.4 Å². The highest BCUT2D eigenvalue weighted by Gasteiger charge is 2.23. The van der Waals surface area contributed by atoms with Gasteiger partial charge in [-0.1, -0.05) is 12.1 Å². The number of nitrogens with one attached hydrogen (secondary N) is 1. The number of thiazole rings is 1. The summed E-state index contributed by atoms with van der Waals surface area (Å²) in [7, 11) is 0. The quantitative estimate of drug-likeness (QED) is 0.686. The van der Waals surface area contributed by atoms with E-state index in [0.717, 1.165) is 30.2 Å². The third-order valence-electron chi connectivity index (χ3n) is 5.01. The van der Waals surface area contributed by atoms with Crippen molar-refractivity contribution in [3.63, 3.8) is 0 Å². The van der Waals surface area contributed by atoms with E-state index in [4.69, 9.17) is 10.2 Å². The van der Waals surface area contributed by atoms with Crippen LogP contribution in [0.15, 0.2) is 48.5 Å². The average molecular weight is 420 g/mol. The first kappa shape index (κ1) is 20.0. The van der Waals surface area contributed by atoms with E-state index in [-0.39, 0.29) is 18.2 Å². The first-order valence-electron chi connectivity index (χ1n) is 9.75. The number of nitrogens with zero attached hydrogens (tertiary/aromatic N) is 4. The van der Waals surface area contributed by atoms with Crippen LogP contribution >= 0.6 is 11.3 Å². The van der Waals surface area contributed by atoms with E-state index in [0.29, 0.717) is 24.3 Å². The van der Waals surface area contributed by atoms with E-state index in [1.807, 2.05) is 23.1 Å². The number of fused-ring (bicyclic) bond motifs is 1. The molecule has 2 heterocycles. The standard InChI is InChI=1S/C22H21N5O2S/c23-10-9-20(28)24-17-7-5-16(6-8-17)22(29)27-13-11-26(12-14-27)15-21-25-18-3-1-2-4-19(18)30-21/h1-8H,9,11-15H2,(H,24,28). The van der Waals surface area contributed by atoms with Crippen LogP contribution in [0.2, 0.25) is 0 Å². The van der Waals surface area contributed by atoms with E-state index >= 15 is 0 Å². The van der Waals surface area contributed by atoms with Crippen LogP contribution in [0.25, 0.3) is 10.2 Å². The van der Waals surface area contributed by atoms with Gasteiger partial charge in [-0.25, -0.2) is 4.98 Å². The van der Waals surface area contributed by atoms with E-state index in [9.17, 15) is 9.59 Å². The highest BCUT2D eigenvalue weighted by Crippen LogP contribution is 2.23. The summed E-state index contributed by atoms with van der Waals surface area (Å²) in [5.74, 6) is -0.370. The lowest BCUT2D eigenvalue weighted by atomic mass is 10.1. The smallest absolute Gasteiger partial charge is 0.253 e. The number of aromatic nitrogens is 1. The molecule has 0 aliphatic carbocycles. The van der Waals surface area contributed by atoms with Crippen molar-refractivity contribution in [3.8, 4) is 6.07 Å². The second-order valence-corrected chi connectivity index (χ2v) is 8.22. The lowest BCUT2D eigenvalue weighted by Crippen LogP contribution is -2.48. The minimum absolute atomic E-state index is 0.00969. The van der Waals surface area contributed by atoms with Gasteiger partial charge in [0.05, 0.1) is 22.8 Å². The van der Waals surface area contributed by atoms with Crippen molar-refractivity contribution in [1.82, 2.24) is 14.8 Å². The van der Waals surface area contributed by atoms with E-state index < -0.39 is 0 Å². The zero-order valence-corrected chi connectivity index (χ0v) is 17.2. The van der Waals surface area contributed by atoms with Gasteiger partial charge in [0.25, 0.3) is 5.91 Å². The average Bonchev–Trinajstić information content (AvgIpc) is 3.17. The fourth-order valence-electron chi connectivity index (χ4n) is 3.44. The Morgan fingerprint density at radius 2 is 1.80 bits per heavy atom. The monoisotopic (exact) mass is 419 g/mol. The molecule has 0 radical (unpaired) electrons. The Labute approximate surface area is 178 Å². The minimum Gasteiger partial charge on any atom is -0.336 e. The molecule has 8 heteroatoms. The number of para-hydroxylation sites is 1. The van der Waals surface area contributed by atoms with Crippen LogP contribution in [0.1, 0.15) is 21.8 Å². The maximum absolute atomic E-state index is 12.8. The topological polar surface area (TPSA) is 89.3 Å². The van der Waals surface area contributed by atoms with Crippen LogP contribution in [0.5, 0.6) is 0 Å². The molecule has 0 unspecified atom stereocenters. The molecule has 1 fully saturated rings. The summed E-state index contributed by atoms with van der Waals surface area (Å²) in [6, 6.07) is 16.7. The summed E-state index contributed by atoms with van der Waals surface area (Å²) in [6.07, 6.45) is -0.192. The van der Waals surface area contributed by atoms with Gasteiger partial charge in [0.1, 0.15) is 11.4 Å². The molecule has 1 aliphatic heterocycles. The number of anilines is 1. The molecule has 1 aromatic heterocycles. The number of piperazine rings is 1. The summed E-state index contributed by atoms with van der Waals surface area (Å²) < 4.78 is 1.20. The first-order chi connectivity index (χ1) is 14.6. The molecule has 2 aromatic carbocycles. The molecule has 3 aromatic rings. The van der Waals surface area contributed by atoms with Crippen molar-refractivity contribution in [3.05, 3.63) is 59.1 Å². The van der Waals surface area contributed by atoms with Gasteiger partial charge in [0.2, 0.25) is 5.91 Å². The molecule has 2 amide bonds. The zero-order valence-electron chi connectivity index (χ0n) is 16.4. The van der Waals surface area contributed by atoms with Crippen molar-refractivity contribution in [1.29, 1.82) is 5.26 Å². The maximum atomic E-state index is 12.8. The van der Waals surface area contributed by atoms with Crippen LogP contribution in [0, 0.1) is 11.3 Å². The van der Waals surface area contributed by atoms with Gasteiger partial charge in [0.15, 0.2) is 0 Å². The molecule has 0 atom stereocenters. The number of carbonyl (C=O) groups is 2. The van der Waals surface area contributed by atoms with Crippen molar-refractivity contribution >= 4 is 39.1 Å². The van der Waals surface area contributed by atoms with E-state index in [2.05, 4.69) is 16.3 Å². The largest absolute Gasteiger partial charge is 0.336 e. The van der Waals surface area contributed by atoms with Gasteiger partial charge < -0.3 is 10.2 Å². The summed E-state index contributed by atoms with van der Waals surface area (Å²) in [6.45, 7) is 3.77. The van der Waals surface area contributed by atoms with E-state index in [1.54, 1.807) is 41.7 Å². The molecule has 1 aliphatic rings. The molecule has 152 valence electrons. The Bertz CT molecular complexity index is 1060. The van der Waals surface area contributed by atoms with Gasteiger partial charge in [-0.15, -0.1) is 11.3 Å². The summed E-state index contributed by atoms with van der Waals surface area (Å²) >= 11 is 1.72. The van der Waals surface area contributed by atoms with Gasteiger partial charge in [0, 0.05) is 37.4 Å². The van der Waals surface area contributed by atoms with Crippen LogP contribution < -0.4 is 5.32 Å². The third kappa shape index (κ3) is 4.64. The molecule has 1 N–H and O–H groups in total. The van der Waals surface area contributed by atoms with Crippen molar-refractivity contribution in [2.24, 2.45) is 0 Å². The lowest BCUT2D eigenvalue weighted by Gasteiger charge is -2.34. The molecular weight excluding hydrogens is 398 g/mol. The molecular formula is C22H21N5O2S. The van der Waals surface area contributed by atoms with Gasteiger partial charge >= 0.3 is 0 Å². The first-order valence-corrected chi connectivity index (χ1v) is 10.6. The Balaban J connectivity index is 1.30. The zero-order chi connectivity index (χ0) is 20.9. The molecule has 7 nitrogen and oxygen atoms in total. The van der Waals surface area contributed by atoms with Crippen LogP contribution in [-0.4, -0.2) is 52.8 Å². The number of benzene rings is 2. The molecule has 4 rings (SSSR count). The van der Waals surface area contributed by atoms with Crippen molar-refractivity contribution in [2.45, 2.75) is 13.0 Å². The predicted molar refractivity (Wildman–Crippen MR) is 116 cm³/mol. The van der Waals surface area contributed by atoms with E-state index in [1.165, 1.54) is 4.70 Å². The number of rotatable bonds is 5. The number of amides is 2. The second kappa shape index (κ2) is 9.03. The molecule has 0 saturated carbocycles. The molecule has 1 saturated heterocycles. The number of nitriles is 1. The van der Waals surface area contributed by atoms with Gasteiger partial charge in [-0.3, -0.25) is 14.5 Å². The minimum atomic E-state index is -0.360. The Morgan fingerprint density at radius 3 is 2.50 bits per heavy atom. The summed E-state index contributed by atoms with van der Waals surface area (Å²) in [5.41, 5.74) is 2.21. The SMILES string of the molecule is N#CCC(=O)Nc1ccc(C(=O)N2CCN(Cc3nc4ccccc4s3)CC2)cc1. The number of carbonyl (C=O) groups excluding carboxylic acids is 2. The fourth-order valence-corrected chi connectivity index (χ4v) is 4.45. The Hall–Kier alpha value is -3.28. The summed E-state index contributed by atoms with van der Waals surface area (Å²) in [4.78, 5) is 33.1. The highest BCUT2D eigenvalue weighted by molar-refractivity contribution is 7.18. The van der Waals surface area contributed by atoms with Crippen molar-refractivity contribution < 1.29 is 9.59 Å². The van der Waals surface area contributed by atoms with Crippen LogP contribution in [-0.2, 0) is 11.3 Å². The normalized spacial score (nSPS) is 14.4. The second-order valence-electron chi connectivity index (χ2n) is 7.10. The molecule has 0 spiro atoms. The van der Waals surface area contributed by atoms with Crippen LogP contribution in [0.4, 0.5) is 5.69 Å². The molecule has 30 heavy (non-hydrogen) atoms. The lowest BCUT2D eigenvalue weighted by molar-refractivity contribution is -0.115. The Kier molecular flexibility index (Phi) is 6.02. The number of hydrogen-bond acceptors (Lipinski definition) is 6. The van der Waals surface area contributed by atoms with Crippen LogP contribution in [0.3, 0.4) is 0 Å². The Morgan fingerprint density at radius 1 is 1.07 bits per heavy atom. The predicted octanol–water partition coefficient (Wildman–Crippen LogP) is 3.11.